The molecule has 0 spiro atoms. The Kier molecular flexibility index (Phi) is 4.81. The van der Waals surface area contributed by atoms with Gasteiger partial charge in [-0.25, -0.2) is 4.98 Å². The van der Waals surface area contributed by atoms with Crippen molar-refractivity contribution in [1.29, 1.82) is 0 Å². The van der Waals surface area contributed by atoms with Gasteiger partial charge in [-0.05, 0) is 50.6 Å². The number of nitrogens with zero attached hydrogens (tertiary/aromatic N) is 2. The number of aromatic nitrogens is 2. The van der Waals surface area contributed by atoms with E-state index in [0.717, 1.165) is 27.4 Å². The van der Waals surface area contributed by atoms with Crippen molar-refractivity contribution in [3.8, 4) is 0 Å². The third kappa shape index (κ3) is 4.11. The summed E-state index contributed by atoms with van der Waals surface area (Å²) in [6.45, 7) is 6.08. The number of nitrogens with one attached hydrogen (secondary N) is 2. The van der Waals surface area contributed by atoms with E-state index in [1.54, 1.807) is 0 Å². The van der Waals surface area contributed by atoms with E-state index in [-0.39, 0.29) is 0 Å². The summed E-state index contributed by atoms with van der Waals surface area (Å²) >= 11 is 3.55. The van der Waals surface area contributed by atoms with Crippen LogP contribution in [-0.4, -0.2) is 9.97 Å². The molecule has 4 nitrogen and oxygen atoms in total. The van der Waals surface area contributed by atoms with Crippen molar-refractivity contribution in [3.05, 3.63) is 69.8 Å². The predicted molar refractivity (Wildman–Crippen MR) is 103 cm³/mol. The van der Waals surface area contributed by atoms with Crippen LogP contribution in [0.5, 0.6) is 0 Å². The first-order valence-electron chi connectivity index (χ1n) is 7.72. The van der Waals surface area contributed by atoms with Gasteiger partial charge in [-0.2, -0.15) is 4.98 Å². The number of benzene rings is 2. The van der Waals surface area contributed by atoms with E-state index in [0.29, 0.717) is 5.95 Å². The molecule has 0 aliphatic carbocycles. The molecule has 0 saturated heterocycles. The van der Waals surface area contributed by atoms with Crippen molar-refractivity contribution in [3.63, 3.8) is 0 Å². The Balaban J connectivity index is 1.82. The number of halogens is 1. The molecule has 0 amide bonds. The molecule has 5 heteroatoms. The Morgan fingerprint density at radius 1 is 0.792 bits per heavy atom. The van der Waals surface area contributed by atoms with Crippen molar-refractivity contribution in [2.24, 2.45) is 0 Å². The molecule has 0 unspecified atom stereocenters. The van der Waals surface area contributed by atoms with Gasteiger partial charge in [0.25, 0.3) is 0 Å². The van der Waals surface area contributed by atoms with Crippen LogP contribution in [-0.2, 0) is 0 Å². The van der Waals surface area contributed by atoms with Crippen molar-refractivity contribution in [1.82, 2.24) is 9.97 Å². The van der Waals surface area contributed by atoms with Crippen LogP contribution in [0.25, 0.3) is 0 Å². The molecule has 0 fully saturated rings. The smallest absolute Gasteiger partial charge is 0.229 e. The standard InChI is InChI=1S/C19H19BrN4/c1-12-4-7-15(8-5-12)22-18-10-14(3)21-19(24-18)23-16-9-6-13(2)17(20)11-16/h4-11H,1-3H3,(H2,21,22,23,24). The zero-order valence-electron chi connectivity index (χ0n) is 13.9. The Hall–Kier alpha value is -2.40. The molecular weight excluding hydrogens is 364 g/mol. The van der Waals surface area contributed by atoms with Gasteiger partial charge in [0.1, 0.15) is 5.82 Å². The van der Waals surface area contributed by atoms with Gasteiger partial charge in [-0.1, -0.05) is 39.7 Å². The Bertz CT molecular complexity index is 860. The molecule has 0 atom stereocenters. The lowest BCUT2D eigenvalue weighted by Gasteiger charge is -2.11. The van der Waals surface area contributed by atoms with Crippen LogP contribution >= 0.6 is 15.9 Å². The van der Waals surface area contributed by atoms with Gasteiger partial charge >= 0.3 is 0 Å². The van der Waals surface area contributed by atoms with Crippen LogP contribution in [0.15, 0.2) is 53.0 Å². The summed E-state index contributed by atoms with van der Waals surface area (Å²) in [4.78, 5) is 9.01. The second-order valence-corrected chi connectivity index (χ2v) is 6.65. The lowest BCUT2D eigenvalue weighted by Crippen LogP contribution is -2.02. The summed E-state index contributed by atoms with van der Waals surface area (Å²) in [5.41, 5.74) is 5.26. The van der Waals surface area contributed by atoms with E-state index in [2.05, 4.69) is 62.5 Å². The Morgan fingerprint density at radius 2 is 1.50 bits per heavy atom. The molecule has 2 aromatic carbocycles. The van der Waals surface area contributed by atoms with Crippen molar-refractivity contribution >= 4 is 39.1 Å². The Labute approximate surface area is 150 Å². The average molecular weight is 383 g/mol. The summed E-state index contributed by atoms with van der Waals surface area (Å²) in [6.07, 6.45) is 0. The first-order valence-corrected chi connectivity index (χ1v) is 8.51. The van der Waals surface area contributed by atoms with Gasteiger partial charge in [-0.3, -0.25) is 0 Å². The van der Waals surface area contributed by atoms with E-state index in [1.807, 2.05) is 43.3 Å². The predicted octanol–water partition coefficient (Wildman–Crippen LogP) is 5.65. The minimum absolute atomic E-state index is 0.570. The molecule has 1 heterocycles. The summed E-state index contributed by atoms with van der Waals surface area (Å²) in [5.74, 6) is 1.33. The summed E-state index contributed by atoms with van der Waals surface area (Å²) in [7, 11) is 0. The average Bonchev–Trinajstić information content (AvgIpc) is 2.53. The highest BCUT2D eigenvalue weighted by molar-refractivity contribution is 9.10. The van der Waals surface area contributed by atoms with Gasteiger partial charge in [0, 0.05) is 27.6 Å². The monoisotopic (exact) mass is 382 g/mol. The van der Waals surface area contributed by atoms with Gasteiger partial charge in [0.15, 0.2) is 0 Å². The first-order chi connectivity index (χ1) is 11.5. The quantitative estimate of drug-likeness (QED) is 0.611. The highest BCUT2D eigenvalue weighted by Crippen LogP contribution is 2.23. The maximum atomic E-state index is 4.55. The molecule has 0 radical (unpaired) electrons. The zero-order chi connectivity index (χ0) is 17.1. The maximum Gasteiger partial charge on any atom is 0.229 e. The van der Waals surface area contributed by atoms with Crippen LogP contribution in [0.1, 0.15) is 16.8 Å². The molecule has 0 aliphatic heterocycles. The molecule has 24 heavy (non-hydrogen) atoms. The number of anilines is 4. The minimum atomic E-state index is 0.570. The highest BCUT2D eigenvalue weighted by atomic mass is 79.9. The first kappa shape index (κ1) is 16.5. The maximum absolute atomic E-state index is 4.55. The lowest BCUT2D eigenvalue weighted by molar-refractivity contribution is 1.11. The van der Waals surface area contributed by atoms with Crippen molar-refractivity contribution in [2.45, 2.75) is 20.8 Å². The minimum Gasteiger partial charge on any atom is -0.340 e. The fourth-order valence-corrected chi connectivity index (χ4v) is 2.65. The largest absolute Gasteiger partial charge is 0.340 e. The normalized spacial score (nSPS) is 10.5. The number of hydrogen-bond donors (Lipinski definition) is 2. The molecule has 1 aromatic heterocycles. The van der Waals surface area contributed by atoms with Gasteiger partial charge < -0.3 is 10.6 Å². The third-order valence-electron chi connectivity index (χ3n) is 3.61. The van der Waals surface area contributed by atoms with Gasteiger partial charge in [-0.15, -0.1) is 0 Å². The fraction of sp³-hybridized carbons (Fsp3) is 0.158. The topological polar surface area (TPSA) is 49.8 Å². The molecule has 2 N–H and O–H groups in total. The lowest BCUT2D eigenvalue weighted by atomic mass is 10.2. The molecule has 3 aromatic rings. The van der Waals surface area contributed by atoms with E-state index in [4.69, 9.17) is 0 Å². The zero-order valence-corrected chi connectivity index (χ0v) is 15.5. The van der Waals surface area contributed by atoms with Crippen LogP contribution < -0.4 is 10.6 Å². The van der Waals surface area contributed by atoms with Crippen molar-refractivity contribution < 1.29 is 0 Å². The second kappa shape index (κ2) is 7.01. The molecule has 0 aliphatic rings. The molecule has 122 valence electrons. The SMILES string of the molecule is Cc1ccc(Nc2cc(C)nc(Nc3ccc(C)c(Br)c3)n2)cc1. The second-order valence-electron chi connectivity index (χ2n) is 5.80. The molecule has 0 saturated carbocycles. The van der Waals surface area contributed by atoms with E-state index >= 15 is 0 Å². The van der Waals surface area contributed by atoms with E-state index in [9.17, 15) is 0 Å². The van der Waals surface area contributed by atoms with E-state index < -0.39 is 0 Å². The van der Waals surface area contributed by atoms with Crippen LogP contribution in [0, 0.1) is 20.8 Å². The van der Waals surface area contributed by atoms with Crippen LogP contribution in [0.2, 0.25) is 0 Å². The van der Waals surface area contributed by atoms with E-state index in [1.165, 1.54) is 11.1 Å². The van der Waals surface area contributed by atoms with Crippen LogP contribution in [0.4, 0.5) is 23.1 Å². The van der Waals surface area contributed by atoms with Gasteiger partial charge in [0.2, 0.25) is 5.95 Å². The molecule has 0 bridgehead atoms. The summed E-state index contributed by atoms with van der Waals surface area (Å²) in [6, 6.07) is 16.2. The number of hydrogen-bond acceptors (Lipinski definition) is 4. The fourth-order valence-electron chi connectivity index (χ4n) is 2.27. The Morgan fingerprint density at radius 3 is 2.21 bits per heavy atom. The number of aryl methyl sites for hydroxylation is 3. The highest BCUT2D eigenvalue weighted by Gasteiger charge is 2.05. The molecular formula is C19H19BrN4. The summed E-state index contributed by atoms with van der Waals surface area (Å²) in [5, 5.41) is 6.57. The molecule has 3 rings (SSSR count). The van der Waals surface area contributed by atoms with Gasteiger partial charge in [0.05, 0.1) is 0 Å². The third-order valence-corrected chi connectivity index (χ3v) is 4.46. The van der Waals surface area contributed by atoms with Crippen molar-refractivity contribution in [2.75, 3.05) is 10.6 Å². The number of rotatable bonds is 4. The summed E-state index contributed by atoms with van der Waals surface area (Å²) < 4.78 is 1.05. The van der Waals surface area contributed by atoms with Crippen LogP contribution in [0.3, 0.4) is 0 Å².